The fourth-order valence-corrected chi connectivity index (χ4v) is 1.96. The molecule has 0 aliphatic heterocycles. The average molecular weight is 154 g/mol. The van der Waals surface area contributed by atoms with Gasteiger partial charge in [0, 0.05) is 6.54 Å². The van der Waals surface area contributed by atoms with E-state index in [1.807, 2.05) is 0 Å². The second kappa shape index (κ2) is 4.50. The number of hydrogen-bond donors (Lipinski definition) is 1. The van der Waals surface area contributed by atoms with Crippen molar-refractivity contribution in [3.63, 3.8) is 0 Å². The Balaban J connectivity index is 2.27. The summed E-state index contributed by atoms with van der Waals surface area (Å²) in [6.07, 6.45) is 5.26. The molecule has 1 aliphatic carbocycles. The van der Waals surface area contributed by atoms with Crippen molar-refractivity contribution in [3.8, 4) is 0 Å². The maximum absolute atomic E-state index is 5.62. The Kier molecular flexibility index (Phi) is 3.57. The predicted octanol–water partition coefficient (Wildman–Crippen LogP) is 1.45. The van der Waals surface area contributed by atoms with Crippen LogP contribution in [0.15, 0.2) is 4.99 Å². The zero-order valence-corrected chi connectivity index (χ0v) is 7.13. The molecule has 0 aromatic heterocycles. The number of nitrogens with zero attached hydrogens (tertiary/aromatic N) is 1. The first-order valence-corrected chi connectivity index (χ1v) is 4.49. The molecular weight excluding hydrogens is 136 g/mol. The van der Waals surface area contributed by atoms with Gasteiger partial charge in [0.2, 0.25) is 0 Å². The molecule has 2 heteroatoms. The highest BCUT2D eigenvalue weighted by atomic mass is 14.7. The maximum Gasteiger partial charge on any atom is 0.0410 e. The SMILES string of the molecule is C=NCC1CCCC(CN)C1. The summed E-state index contributed by atoms with van der Waals surface area (Å²) >= 11 is 0. The van der Waals surface area contributed by atoms with Crippen LogP contribution in [0.3, 0.4) is 0 Å². The third-order valence-corrected chi connectivity index (χ3v) is 2.61. The maximum atomic E-state index is 5.62. The molecule has 0 bridgehead atoms. The Hall–Kier alpha value is -0.370. The highest BCUT2D eigenvalue weighted by molar-refractivity contribution is 5.23. The van der Waals surface area contributed by atoms with Gasteiger partial charge in [-0.05, 0) is 44.4 Å². The molecule has 1 saturated carbocycles. The summed E-state index contributed by atoms with van der Waals surface area (Å²) in [5.74, 6) is 1.53. The number of hydrogen-bond acceptors (Lipinski definition) is 2. The van der Waals surface area contributed by atoms with Crippen molar-refractivity contribution in [2.45, 2.75) is 25.7 Å². The van der Waals surface area contributed by atoms with E-state index in [4.69, 9.17) is 5.73 Å². The first kappa shape index (κ1) is 8.72. The monoisotopic (exact) mass is 154 g/mol. The minimum Gasteiger partial charge on any atom is -0.330 e. The molecule has 0 radical (unpaired) electrons. The predicted molar refractivity (Wildman–Crippen MR) is 48.9 cm³/mol. The van der Waals surface area contributed by atoms with E-state index in [9.17, 15) is 0 Å². The Morgan fingerprint density at radius 1 is 1.36 bits per heavy atom. The summed E-state index contributed by atoms with van der Waals surface area (Å²) in [6.45, 7) is 5.32. The van der Waals surface area contributed by atoms with Crippen LogP contribution in [0.4, 0.5) is 0 Å². The lowest BCUT2D eigenvalue weighted by Gasteiger charge is -2.26. The number of aliphatic imine (C=N–C) groups is 1. The van der Waals surface area contributed by atoms with Crippen molar-refractivity contribution in [2.75, 3.05) is 13.1 Å². The van der Waals surface area contributed by atoms with Gasteiger partial charge in [0.1, 0.15) is 0 Å². The van der Waals surface area contributed by atoms with Gasteiger partial charge < -0.3 is 10.7 Å². The highest BCUT2D eigenvalue weighted by Gasteiger charge is 2.19. The smallest absolute Gasteiger partial charge is 0.0410 e. The van der Waals surface area contributed by atoms with Gasteiger partial charge in [-0.15, -0.1) is 0 Å². The molecule has 2 nitrogen and oxygen atoms in total. The van der Waals surface area contributed by atoms with E-state index in [1.54, 1.807) is 0 Å². The Morgan fingerprint density at radius 2 is 2.09 bits per heavy atom. The molecule has 11 heavy (non-hydrogen) atoms. The normalized spacial score (nSPS) is 31.7. The van der Waals surface area contributed by atoms with Crippen LogP contribution in [0.2, 0.25) is 0 Å². The molecule has 0 saturated heterocycles. The van der Waals surface area contributed by atoms with Crippen LogP contribution in [0, 0.1) is 11.8 Å². The van der Waals surface area contributed by atoms with Crippen LogP contribution in [0.1, 0.15) is 25.7 Å². The first-order chi connectivity index (χ1) is 5.36. The number of nitrogens with two attached hydrogens (primary N) is 1. The number of rotatable bonds is 3. The van der Waals surface area contributed by atoms with Gasteiger partial charge in [-0.3, -0.25) is 0 Å². The molecule has 0 aromatic carbocycles. The Labute approximate surface area is 68.9 Å². The zero-order chi connectivity index (χ0) is 8.10. The summed E-state index contributed by atoms with van der Waals surface area (Å²) in [5.41, 5.74) is 5.62. The van der Waals surface area contributed by atoms with Gasteiger partial charge in [0.15, 0.2) is 0 Å². The van der Waals surface area contributed by atoms with E-state index in [-0.39, 0.29) is 0 Å². The van der Waals surface area contributed by atoms with Crippen molar-refractivity contribution in [3.05, 3.63) is 0 Å². The van der Waals surface area contributed by atoms with Gasteiger partial charge in [0.25, 0.3) is 0 Å². The van der Waals surface area contributed by atoms with Crippen molar-refractivity contribution in [1.29, 1.82) is 0 Å². The quantitative estimate of drug-likeness (QED) is 0.614. The van der Waals surface area contributed by atoms with E-state index in [1.165, 1.54) is 25.7 Å². The Bertz CT molecular complexity index is 123. The molecule has 2 atom stereocenters. The summed E-state index contributed by atoms with van der Waals surface area (Å²) in [7, 11) is 0. The van der Waals surface area contributed by atoms with Gasteiger partial charge in [0.05, 0.1) is 0 Å². The largest absolute Gasteiger partial charge is 0.330 e. The zero-order valence-electron chi connectivity index (χ0n) is 7.13. The average Bonchev–Trinajstić information content (AvgIpc) is 2.06. The van der Waals surface area contributed by atoms with E-state index in [2.05, 4.69) is 11.7 Å². The molecule has 1 fully saturated rings. The molecule has 0 spiro atoms. The topological polar surface area (TPSA) is 38.4 Å². The van der Waals surface area contributed by atoms with Gasteiger partial charge in [-0.2, -0.15) is 0 Å². The molecule has 1 aliphatic rings. The molecule has 0 aromatic rings. The molecule has 64 valence electrons. The lowest BCUT2D eigenvalue weighted by atomic mass is 9.81. The minimum atomic E-state index is 0.760. The molecule has 1 rings (SSSR count). The standard InChI is InChI=1S/C9H18N2/c1-11-7-9-4-2-3-8(5-9)6-10/h8-9H,1-7,10H2. The second-order valence-electron chi connectivity index (χ2n) is 3.54. The van der Waals surface area contributed by atoms with E-state index in [0.29, 0.717) is 0 Å². The van der Waals surface area contributed by atoms with Crippen molar-refractivity contribution in [2.24, 2.45) is 22.6 Å². The molecule has 0 amide bonds. The second-order valence-corrected chi connectivity index (χ2v) is 3.54. The third kappa shape index (κ3) is 2.62. The highest BCUT2D eigenvalue weighted by Crippen LogP contribution is 2.28. The Morgan fingerprint density at radius 3 is 2.73 bits per heavy atom. The first-order valence-electron chi connectivity index (χ1n) is 4.49. The lowest BCUT2D eigenvalue weighted by Crippen LogP contribution is -2.23. The summed E-state index contributed by atoms with van der Waals surface area (Å²) in [6, 6.07) is 0. The summed E-state index contributed by atoms with van der Waals surface area (Å²) in [4.78, 5) is 3.94. The van der Waals surface area contributed by atoms with E-state index < -0.39 is 0 Å². The molecular formula is C9H18N2. The fraction of sp³-hybridized carbons (Fsp3) is 0.889. The van der Waals surface area contributed by atoms with E-state index in [0.717, 1.165) is 24.9 Å². The van der Waals surface area contributed by atoms with Crippen LogP contribution in [0.5, 0.6) is 0 Å². The summed E-state index contributed by atoms with van der Waals surface area (Å²) < 4.78 is 0. The molecule has 2 unspecified atom stereocenters. The van der Waals surface area contributed by atoms with Gasteiger partial charge >= 0.3 is 0 Å². The van der Waals surface area contributed by atoms with Crippen LogP contribution < -0.4 is 5.73 Å². The van der Waals surface area contributed by atoms with E-state index >= 15 is 0 Å². The molecule has 0 heterocycles. The van der Waals surface area contributed by atoms with Gasteiger partial charge in [-0.1, -0.05) is 6.42 Å². The van der Waals surface area contributed by atoms with Crippen LogP contribution in [-0.2, 0) is 0 Å². The van der Waals surface area contributed by atoms with Crippen LogP contribution >= 0.6 is 0 Å². The van der Waals surface area contributed by atoms with Crippen molar-refractivity contribution < 1.29 is 0 Å². The van der Waals surface area contributed by atoms with Crippen molar-refractivity contribution in [1.82, 2.24) is 0 Å². The lowest BCUT2D eigenvalue weighted by molar-refractivity contribution is 0.278. The fourth-order valence-electron chi connectivity index (χ4n) is 1.96. The molecule has 2 N–H and O–H groups in total. The minimum absolute atomic E-state index is 0.760. The van der Waals surface area contributed by atoms with Crippen LogP contribution in [-0.4, -0.2) is 19.8 Å². The summed E-state index contributed by atoms with van der Waals surface area (Å²) in [5, 5.41) is 0. The van der Waals surface area contributed by atoms with Gasteiger partial charge in [-0.25, -0.2) is 0 Å². The third-order valence-electron chi connectivity index (χ3n) is 2.61. The van der Waals surface area contributed by atoms with Crippen molar-refractivity contribution >= 4 is 6.72 Å². The van der Waals surface area contributed by atoms with Crippen LogP contribution in [0.25, 0.3) is 0 Å².